The smallest absolute Gasteiger partial charge is 0.141 e. The molecule has 0 amide bonds. The fourth-order valence-corrected chi connectivity index (χ4v) is 2.18. The summed E-state index contributed by atoms with van der Waals surface area (Å²) in [7, 11) is 0. The van der Waals surface area contributed by atoms with Gasteiger partial charge in [-0.1, -0.05) is 36.4 Å². The summed E-state index contributed by atoms with van der Waals surface area (Å²) >= 11 is 0. The monoisotopic (exact) mass is 392 g/mol. The van der Waals surface area contributed by atoms with Crippen LogP contribution >= 0.6 is 0 Å². The third-order valence-electron chi connectivity index (χ3n) is 3.22. The minimum absolute atomic E-state index is 0. The second-order valence-corrected chi connectivity index (χ2v) is 4.70. The summed E-state index contributed by atoms with van der Waals surface area (Å²) in [5.41, 5.74) is 1.32. The molecule has 0 aliphatic carbocycles. The van der Waals surface area contributed by atoms with Gasteiger partial charge in [-0.25, -0.2) is 0 Å². The minimum atomic E-state index is 0. The zero-order valence-electron chi connectivity index (χ0n) is 12.1. The van der Waals surface area contributed by atoms with Crippen LogP contribution in [0.1, 0.15) is 0 Å². The summed E-state index contributed by atoms with van der Waals surface area (Å²) in [6.45, 7) is 0. The number of benzene rings is 2. The zero-order valence-corrected chi connectivity index (χ0v) is 13.8. The first-order chi connectivity index (χ1) is 10.8. The van der Waals surface area contributed by atoms with Gasteiger partial charge < -0.3 is 10.2 Å². The molecule has 4 aromatic rings. The van der Waals surface area contributed by atoms with Crippen molar-refractivity contribution >= 4 is 21.8 Å². The van der Waals surface area contributed by atoms with Gasteiger partial charge in [0.05, 0.1) is 0 Å². The van der Waals surface area contributed by atoms with E-state index in [0.29, 0.717) is 11.0 Å². The summed E-state index contributed by atoms with van der Waals surface area (Å²) in [6.07, 6.45) is 3.34. The fourth-order valence-electron chi connectivity index (χ4n) is 2.18. The molecule has 0 radical (unpaired) electrons. The Kier molecular flexibility index (Phi) is 5.61. The summed E-state index contributed by atoms with van der Waals surface area (Å²) < 4.78 is 0. The molecule has 0 aliphatic rings. The second-order valence-electron chi connectivity index (χ2n) is 4.70. The second kappa shape index (κ2) is 7.66. The predicted octanol–water partition coefficient (Wildman–Crippen LogP) is 3.88. The van der Waals surface area contributed by atoms with Crippen LogP contribution < -0.4 is 0 Å². The van der Waals surface area contributed by atoms with Gasteiger partial charge in [0.1, 0.15) is 22.5 Å². The predicted molar refractivity (Wildman–Crippen MR) is 86.8 cm³/mol. The molecule has 2 heterocycles. The summed E-state index contributed by atoms with van der Waals surface area (Å²) in [4.78, 5) is 8.06. The molecule has 4 rings (SSSR count). The van der Waals surface area contributed by atoms with E-state index in [2.05, 4.69) is 9.97 Å². The third-order valence-corrected chi connectivity index (χ3v) is 3.22. The van der Waals surface area contributed by atoms with Gasteiger partial charge in [0, 0.05) is 42.6 Å². The van der Waals surface area contributed by atoms with E-state index < -0.39 is 0 Å². The molecule has 0 saturated heterocycles. The molecule has 0 aliphatic heterocycles. The summed E-state index contributed by atoms with van der Waals surface area (Å²) in [5, 5.41) is 20.5. The van der Waals surface area contributed by atoms with Crippen molar-refractivity contribution in [2.24, 2.45) is 0 Å². The van der Waals surface area contributed by atoms with Crippen molar-refractivity contribution in [3.05, 3.63) is 73.1 Å². The van der Waals surface area contributed by atoms with Gasteiger partial charge in [0.2, 0.25) is 0 Å². The SMILES string of the molecule is Oc1cccc2cccnc12.Oc1cccc2cccnc12.[Ru]. The average Bonchev–Trinajstić information content (AvgIpc) is 2.57. The van der Waals surface area contributed by atoms with Crippen molar-refractivity contribution in [3.63, 3.8) is 0 Å². The topological polar surface area (TPSA) is 66.2 Å². The van der Waals surface area contributed by atoms with Gasteiger partial charge in [0.25, 0.3) is 0 Å². The van der Waals surface area contributed by atoms with Gasteiger partial charge in [-0.2, -0.15) is 0 Å². The Morgan fingerprint density at radius 1 is 0.565 bits per heavy atom. The van der Waals surface area contributed by atoms with Crippen LogP contribution in [0, 0.1) is 0 Å². The molecule has 2 N–H and O–H groups in total. The quantitative estimate of drug-likeness (QED) is 0.447. The van der Waals surface area contributed by atoms with Gasteiger partial charge >= 0.3 is 0 Å². The van der Waals surface area contributed by atoms with Crippen molar-refractivity contribution in [1.29, 1.82) is 0 Å². The number of phenolic OH excluding ortho intramolecular Hbond substituents is 2. The molecule has 0 spiro atoms. The average molecular weight is 391 g/mol. The van der Waals surface area contributed by atoms with Crippen molar-refractivity contribution in [3.8, 4) is 11.5 Å². The normalized spacial score (nSPS) is 9.74. The number of hydrogen-bond acceptors (Lipinski definition) is 4. The summed E-state index contributed by atoms with van der Waals surface area (Å²) in [6, 6.07) is 18.3. The van der Waals surface area contributed by atoms with Gasteiger partial charge in [-0.3, -0.25) is 9.97 Å². The molecule has 0 saturated carbocycles. The number of fused-ring (bicyclic) bond motifs is 2. The van der Waals surface area contributed by atoms with Crippen LogP contribution in [0.25, 0.3) is 21.8 Å². The van der Waals surface area contributed by atoms with Crippen molar-refractivity contribution in [1.82, 2.24) is 9.97 Å². The number of aromatic nitrogens is 2. The van der Waals surface area contributed by atoms with E-state index in [9.17, 15) is 10.2 Å². The van der Waals surface area contributed by atoms with E-state index in [1.54, 1.807) is 36.7 Å². The van der Waals surface area contributed by atoms with Crippen molar-refractivity contribution in [2.75, 3.05) is 0 Å². The van der Waals surface area contributed by atoms with Crippen molar-refractivity contribution < 1.29 is 29.7 Å². The molecule has 0 unspecified atom stereocenters. The Bertz CT molecular complexity index is 841. The molecule has 116 valence electrons. The Morgan fingerprint density at radius 3 is 1.35 bits per heavy atom. The number of nitrogens with zero attached hydrogens (tertiary/aromatic N) is 2. The molecule has 4 nitrogen and oxygen atoms in total. The number of aromatic hydroxyl groups is 2. The number of hydrogen-bond donors (Lipinski definition) is 2. The first kappa shape index (κ1) is 16.8. The number of para-hydroxylation sites is 2. The number of pyridine rings is 2. The van der Waals surface area contributed by atoms with E-state index in [1.807, 2.05) is 36.4 Å². The number of rotatable bonds is 0. The van der Waals surface area contributed by atoms with Crippen LogP contribution in [-0.2, 0) is 19.5 Å². The zero-order chi connectivity index (χ0) is 15.4. The Labute approximate surface area is 146 Å². The Balaban J connectivity index is 0.000000160. The molecule has 5 heteroatoms. The molecular weight excluding hydrogens is 377 g/mol. The summed E-state index contributed by atoms with van der Waals surface area (Å²) in [5.74, 6) is 0.478. The van der Waals surface area contributed by atoms with E-state index in [0.717, 1.165) is 10.8 Å². The molecule has 0 bridgehead atoms. The molecule has 23 heavy (non-hydrogen) atoms. The van der Waals surface area contributed by atoms with Gasteiger partial charge in [-0.15, -0.1) is 0 Å². The van der Waals surface area contributed by atoms with Gasteiger partial charge in [-0.05, 0) is 24.3 Å². The molecule has 0 fully saturated rings. The Hall–Kier alpha value is -2.52. The fraction of sp³-hybridized carbons (Fsp3) is 0. The maximum Gasteiger partial charge on any atom is 0.141 e. The number of phenols is 2. The third kappa shape index (κ3) is 3.82. The maximum absolute atomic E-state index is 9.31. The maximum atomic E-state index is 9.31. The van der Waals surface area contributed by atoms with E-state index >= 15 is 0 Å². The minimum Gasteiger partial charge on any atom is -0.506 e. The van der Waals surface area contributed by atoms with Crippen LogP contribution in [-0.4, -0.2) is 20.2 Å². The van der Waals surface area contributed by atoms with Gasteiger partial charge in [0.15, 0.2) is 0 Å². The standard InChI is InChI=1S/2C9H7NO.Ru/c2*11-8-5-1-3-7-4-2-6-10-9(7)8;/h2*1-6,11H;. The molecular formula is C18H14N2O2Ru. The molecule has 0 atom stereocenters. The largest absolute Gasteiger partial charge is 0.506 e. The van der Waals surface area contributed by atoms with Crippen LogP contribution in [0.5, 0.6) is 11.5 Å². The molecule has 2 aromatic carbocycles. The van der Waals surface area contributed by atoms with Crippen LogP contribution in [0.2, 0.25) is 0 Å². The van der Waals surface area contributed by atoms with Crippen LogP contribution in [0.3, 0.4) is 0 Å². The Morgan fingerprint density at radius 2 is 0.957 bits per heavy atom. The van der Waals surface area contributed by atoms with E-state index in [4.69, 9.17) is 0 Å². The molecule has 2 aromatic heterocycles. The van der Waals surface area contributed by atoms with E-state index in [1.165, 1.54) is 0 Å². The van der Waals surface area contributed by atoms with Crippen LogP contribution in [0.4, 0.5) is 0 Å². The van der Waals surface area contributed by atoms with Crippen molar-refractivity contribution in [2.45, 2.75) is 0 Å². The van der Waals surface area contributed by atoms with E-state index in [-0.39, 0.29) is 31.0 Å². The van der Waals surface area contributed by atoms with Crippen LogP contribution in [0.15, 0.2) is 73.1 Å². The first-order valence-corrected chi connectivity index (χ1v) is 6.81. The first-order valence-electron chi connectivity index (χ1n) is 6.81.